The molecule has 1 aromatic rings. The standard InChI is InChI=1S/C10H16N2O2/c1-7-5-8(11)10(14-2)6-9(7)12-3-4-13/h5-6,12-13H,3-4,11H2,1-2H3. The quantitative estimate of drug-likeness (QED) is 0.628. The second kappa shape index (κ2) is 4.72. The molecule has 0 spiro atoms. The number of nitrogen functional groups attached to an aromatic ring is 1. The van der Waals surface area contributed by atoms with Crippen molar-refractivity contribution in [1.82, 2.24) is 0 Å². The minimum absolute atomic E-state index is 0.103. The maximum Gasteiger partial charge on any atom is 0.143 e. The largest absolute Gasteiger partial charge is 0.495 e. The fourth-order valence-electron chi connectivity index (χ4n) is 1.27. The molecule has 0 aromatic heterocycles. The number of hydrogen-bond acceptors (Lipinski definition) is 4. The SMILES string of the molecule is COc1cc(NCCO)c(C)cc1N. The summed E-state index contributed by atoms with van der Waals surface area (Å²) in [7, 11) is 1.58. The van der Waals surface area contributed by atoms with Gasteiger partial charge in [0, 0.05) is 18.3 Å². The van der Waals surface area contributed by atoms with Gasteiger partial charge in [-0.2, -0.15) is 0 Å². The van der Waals surface area contributed by atoms with Gasteiger partial charge >= 0.3 is 0 Å². The molecule has 0 fully saturated rings. The van der Waals surface area contributed by atoms with Crippen LogP contribution in [0.1, 0.15) is 5.56 Å². The number of nitrogens with one attached hydrogen (secondary N) is 1. The van der Waals surface area contributed by atoms with Crippen LogP contribution in [0, 0.1) is 6.92 Å². The number of aliphatic hydroxyl groups excluding tert-OH is 1. The molecule has 0 unspecified atom stereocenters. The maximum absolute atomic E-state index is 8.68. The van der Waals surface area contributed by atoms with Gasteiger partial charge in [-0.25, -0.2) is 0 Å². The Balaban J connectivity index is 2.92. The fraction of sp³-hybridized carbons (Fsp3) is 0.400. The molecule has 4 N–H and O–H groups in total. The van der Waals surface area contributed by atoms with E-state index < -0.39 is 0 Å². The van der Waals surface area contributed by atoms with E-state index in [-0.39, 0.29) is 6.61 Å². The van der Waals surface area contributed by atoms with Crippen molar-refractivity contribution in [1.29, 1.82) is 0 Å². The van der Waals surface area contributed by atoms with Gasteiger partial charge in [0.15, 0.2) is 0 Å². The highest BCUT2D eigenvalue weighted by Gasteiger charge is 2.04. The first-order chi connectivity index (χ1) is 6.69. The lowest BCUT2D eigenvalue weighted by molar-refractivity contribution is 0.311. The zero-order valence-electron chi connectivity index (χ0n) is 8.50. The third kappa shape index (κ3) is 2.29. The summed E-state index contributed by atoms with van der Waals surface area (Å²) in [6.07, 6.45) is 0. The first kappa shape index (κ1) is 10.7. The number of benzene rings is 1. The highest BCUT2D eigenvalue weighted by Crippen LogP contribution is 2.28. The van der Waals surface area contributed by atoms with Crippen LogP contribution in [0.2, 0.25) is 0 Å². The van der Waals surface area contributed by atoms with E-state index in [4.69, 9.17) is 15.6 Å². The molecule has 4 nitrogen and oxygen atoms in total. The molecule has 0 heterocycles. The Bertz CT molecular complexity index is 313. The lowest BCUT2D eigenvalue weighted by Crippen LogP contribution is -2.07. The molecule has 0 saturated heterocycles. The van der Waals surface area contributed by atoms with Crippen LogP contribution in [-0.4, -0.2) is 25.4 Å². The van der Waals surface area contributed by atoms with Crippen molar-refractivity contribution in [3.05, 3.63) is 17.7 Å². The van der Waals surface area contributed by atoms with Crippen LogP contribution in [-0.2, 0) is 0 Å². The summed E-state index contributed by atoms with van der Waals surface area (Å²) in [4.78, 5) is 0. The van der Waals surface area contributed by atoms with Gasteiger partial charge in [0.05, 0.1) is 19.4 Å². The summed E-state index contributed by atoms with van der Waals surface area (Å²) in [6, 6.07) is 3.68. The number of aliphatic hydroxyl groups is 1. The van der Waals surface area contributed by atoms with Gasteiger partial charge in [-0.1, -0.05) is 0 Å². The summed E-state index contributed by atoms with van der Waals surface area (Å²) in [5.74, 6) is 0.649. The molecule has 14 heavy (non-hydrogen) atoms. The van der Waals surface area contributed by atoms with Crippen molar-refractivity contribution in [3.63, 3.8) is 0 Å². The van der Waals surface area contributed by atoms with Crippen LogP contribution in [0.3, 0.4) is 0 Å². The van der Waals surface area contributed by atoms with Gasteiger partial charge in [0.1, 0.15) is 5.75 Å². The minimum atomic E-state index is 0.103. The summed E-state index contributed by atoms with van der Waals surface area (Å²) in [5.41, 5.74) is 8.33. The second-order valence-corrected chi connectivity index (χ2v) is 3.06. The maximum atomic E-state index is 8.68. The topological polar surface area (TPSA) is 67.5 Å². The Morgan fingerprint density at radius 1 is 1.50 bits per heavy atom. The van der Waals surface area contributed by atoms with E-state index in [0.29, 0.717) is 18.0 Å². The van der Waals surface area contributed by atoms with E-state index in [1.165, 1.54) is 0 Å². The smallest absolute Gasteiger partial charge is 0.143 e. The van der Waals surface area contributed by atoms with E-state index >= 15 is 0 Å². The molecule has 78 valence electrons. The van der Waals surface area contributed by atoms with Gasteiger partial charge in [0.25, 0.3) is 0 Å². The average Bonchev–Trinajstić information content (AvgIpc) is 2.17. The summed E-state index contributed by atoms with van der Waals surface area (Å²) < 4.78 is 5.09. The van der Waals surface area contributed by atoms with E-state index in [1.54, 1.807) is 7.11 Å². The van der Waals surface area contributed by atoms with Crippen LogP contribution < -0.4 is 15.8 Å². The normalized spacial score (nSPS) is 9.93. The van der Waals surface area contributed by atoms with E-state index in [9.17, 15) is 0 Å². The molecule has 0 aliphatic carbocycles. The number of aryl methyl sites for hydroxylation is 1. The van der Waals surface area contributed by atoms with Crippen LogP contribution >= 0.6 is 0 Å². The van der Waals surface area contributed by atoms with Crippen LogP contribution in [0.15, 0.2) is 12.1 Å². The van der Waals surface area contributed by atoms with Gasteiger partial charge in [-0.15, -0.1) is 0 Å². The lowest BCUT2D eigenvalue weighted by atomic mass is 10.1. The number of hydrogen-bond donors (Lipinski definition) is 3. The van der Waals surface area contributed by atoms with Crippen molar-refractivity contribution in [2.75, 3.05) is 31.3 Å². The summed E-state index contributed by atoms with van der Waals surface area (Å²) in [5, 5.41) is 11.8. The third-order valence-corrected chi connectivity index (χ3v) is 2.00. The summed E-state index contributed by atoms with van der Waals surface area (Å²) in [6.45, 7) is 2.58. The Labute approximate surface area is 83.7 Å². The van der Waals surface area contributed by atoms with E-state index in [1.807, 2.05) is 19.1 Å². The zero-order valence-corrected chi connectivity index (χ0v) is 8.50. The molecule has 0 aliphatic rings. The molecule has 0 amide bonds. The molecule has 0 radical (unpaired) electrons. The first-order valence-corrected chi connectivity index (χ1v) is 4.48. The summed E-state index contributed by atoms with van der Waals surface area (Å²) >= 11 is 0. The average molecular weight is 196 g/mol. The monoisotopic (exact) mass is 196 g/mol. The van der Waals surface area contributed by atoms with Crippen molar-refractivity contribution >= 4 is 11.4 Å². The van der Waals surface area contributed by atoms with E-state index in [2.05, 4.69) is 5.32 Å². The number of anilines is 2. The predicted octanol–water partition coefficient (Wildman–Crippen LogP) is 0.990. The Morgan fingerprint density at radius 2 is 2.21 bits per heavy atom. The van der Waals surface area contributed by atoms with Crippen molar-refractivity contribution in [3.8, 4) is 5.75 Å². The molecule has 1 rings (SSSR count). The van der Waals surface area contributed by atoms with Crippen molar-refractivity contribution < 1.29 is 9.84 Å². The highest BCUT2D eigenvalue weighted by molar-refractivity contribution is 5.65. The number of methoxy groups -OCH3 is 1. The zero-order chi connectivity index (χ0) is 10.6. The highest BCUT2D eigenvalue weighted by atomic mass is 16.5. The van der Waals surface area contributed by atoms with Crippen LogP contribution in [0.5, 0.6) is 5.75 Å². The Kier molecular flexibility index (Phi) is 3.59. The second-order valence-electron chi connectivity index (χ2n) is 3.06. The molecular formula is C10H16N2O2. The van der Waals surface area contributed by atoms with Crippen molar-refractivity contribution in [2.24, 2.45) is 0 Å². The molecule has 1 aromatic carbocycles. The first-order valence-electron chi connectivity index (χ1n) is 4.48. The molecule has 0 aliphatic heterocycles. The number of ether oxygens (including phenoxy) is 1. The van der Waals surface area contributed by atoms with Crippen LogP contribution in [0.4, 0.5) is 11.4 Å². The lowest BCUT2D eigenvalue weighted by Gasteiger charge is -2.12. The third-order valence-electron chi connectivity index (χ3n) is 2.00. The number of nitrogens with two attached hydrogens (primary N) is 1. The van der Waals surface area contributed by atoms with Gasteiger partial charge < -0.3 is 20.9 Å². The molecule has 0 saturated carbocycles. The van der Waals surface area contributed by atoms with Gasteiger partial charge in [-0.3, -0.25) is 0 Å². The molecule has 0 bridgehead atoms. The molecule has 0 atom stereocenters. The minimum Gasteiger partial charge on any atom is -0.495 e. The van der Waals surface area contributed by atoms with Crippen LogP contribution in [0.25, 0.3) is 0 Å². The Hall–Kier alpha value is -1.42. The molecule has 4 heteroatoms. The molecular weight excluding hydrogens is 180 g/mol. The van der Waals surface area contributed by atoms with E-state index in [0.717, 1.165) is 11.3 Å². The fourth-order valence-corrected chi connectivity index (χ4v) is 1.27. The number of rotatable bonds is 4. The van der Waals surface area contributed by atoms with Gasteiger partial charge in [0.2, 0.25) is 0 Å². The van der Waals surface area contributed by atoms with Gasteiger partial charge in [-0.05, 0) is 18.6 Å². The Morgan fingerprint density at radius 3 is 2.79 bits per heavy atom. The predicted molar refractivity (Wildman–Crippen MR) is 57.7 cm³/mol. The van der Waals surface area contributed by atoms with Crippen molar-refractivity contribution in [2.45, 2.75) is 6.92 Å².